The van der Waals surface area contributed by atoms with E-state index in [1.54, 1.807) is 0 Å². The van der Waals surface area contributed by atoms with Crippen molar-refractivity contribution in [1.29, 1.82) is 5.26 Å². The summed E-state index contributed by atoms with van der Waals surface area (Å²) < 4.78 is 0. The molecule has 2 aliphatic rings. The smallest absolute Gasteiger partial charge is 0.221 e. The van der Waals surface area contributed by atoms with E-state index in [2.05, 4.69) is 142 Å². The van der Waals surface area contributed by atoms with Gasteiger partial charge in [-0.25, -0.2) is 4.85 Å². The number of aromatic nitrogens is 1. The zero-order valence-corrected chi connectivity index (χ0v) is 32.6. The van der Waals surface area contributed by atoms with Crippen molar-refractivity contribution in [3.63, 3.8) is 0 Å². The Bertz CT molecular complexity index is 2670. The minimum Gasteiger partial charge on any atom is -0.310 e. The summed E-state index contributed by atoms with van der Waals surface area (Å²) in [6, 6.07) is 53.4. The molecule has 270 valence electrons. The standard InChI is InChI=1S/C52H42N4/c1-50(2)39-29-27-36(56-44-24-16-14-22-40(44)52(5,6)41-23-15-17-25-45(41)56)31-43(39)51(3,4)38-28-26-35(30-42(38)50)46-37(32-53)47(33-18-10-8-11-19-33)55-48(49(46)54-7)34-20-12-9-13-21-34/h8-31H,1-6H3. The summed E-state index contributed by atoms with van der Waals surface area (Å²) in [5.41, 5.74) is 15.4. The largest absolute Gasteiger partial charge is 0.310 e. The number of anilines is 3. The van der Waals surface area contributed by atoms with Crippen molar-refractivity contribution in [2.45, 2.75) is 57.8 Å². The Kier molecular flexibility index (Phi) is 7.91. The van der Waals surface area contributed by atoms with E-state index in [0.29, 0.717) is 28.2 Å². The van der Waals surface area contributed by atoms with Gasteiger partial charge in [-0.2, -0.15) is 5.26 Å². The minimum atomic E-state index is -0.378. The first-order chi connectivity index (χ1) is 27.0. The van der Waals surface area contributed by atoms with Crippen LogP contribution in [-0.2, 0) is 16.2 Å². The van der Waals surface area contributed by atoms with E-state index >= 15 is 0 Å². The molecule has 6 aromatic carbocycles. The van der Waals surface area contributed by atoms with Crippen molar-refractivity contribution in [2.24, 2.45) is 0 Å². The molecule has 1 aliphatic heterocycles. The number of para-hydroxylation sites is 2. The number of benzene rings is 6. The van der Waals surface area contributed by atoms with E-state index < -0.39 is 0 Å². The second-order valence-corrected chi connectivity index (χ2v) is 16.6. The molecule has 56 heavy (non-hydrogen) atoms. The summed E-state index contributed by atoms with van der Waals surface area (Å²) in [4.78, 5) is 11.6. The Morgan fingerprint density at radius 3 is 1.55 bits per heavy atom. The predicted molar refractivity (Wildman–Crippen MR) is 229 cm³/mol. The lowest BCUT2D eigenvalue weighted by atomic mass is 9.59. The molecule has 7 aromatic rings. The van der Waals surface area contributed by atoms with E-state index in [0.717, 1.165) is 22.4 Å². The van der Waals surface area contributed by atoms with Crippen molar-refractivity contribution in [2.75, 3.05) is 4.90 Å². The number of fused-ring (bicyclic) bond motifs is 4. The topological polar surface area (TPSA) is 44.3 Å². The van der Waals surface area contributed by atoms with Crippen LogP contribution in [0, 0.1) is 17.9 Å². The van der Waals surface area contributed by atoms with Gasteiger partial charge in [-0.15, -0.1) is 0 Å². The zero-order valence-electron chi connectivity index (χ0n) is 32.6. The number of nitriles is 1. The molecule has 0 fully saturated rings. The molecule has 0 unspecified atom stereocenters. The van der Waals surface area contributed by atoms with Crippen LogP contribution in [0.3, 0.4) is 0 Å². The van der Waals surface area contributed by atoms with Gasteiger partial charge in [-0.05, 0) is 68.8 Å². The fraction of sp³-hybridized carbons (Fsp3) is 0.173. The number of hydrogen-bond acceptors (Lipinski definition) is 3. The average Bonchev–Trinajstić information content (AvgIpc) is 3.23. The average molecular weight is 723 g/mol. The Balaban J connectivity index is 1.23. The lowest BCUT2D eigenvalue weighted by Crippen LogP contribution is -2.37. The van der Waals surface area contributed by atoms with Crippen molar-refractivity contribution >= 4 is 22.7 Å². The Hall–Kier alpha value is -6.75. The van der Waals surface area contributed by atoms with E-state index in [1.165, 1.54) is 44.8 Å². The summed E-state index contributed by atoms with van der Waals surface area (Å²) in [6.45, 7) is 22.4. The third kappa shape index (κ3) is 5.07. The molecule has 1 aromatic heterocycles. The summed E-state index contributed by atoms with van der Waals surface area (Å²) >= 11 is 0. The molecule has 0 bridgehead atoms. The molecule has 0 atom stereocenters. The van der Waals surface area contributed by atoms with Gasteiger partial charge in [0, 0.05) is 33.1 Å². The van der Waals surface area contributed by atoms with Crippen LogP contribution in [0.5, 0.6) is 0 Å². The van der Waals surface area contributed by atoms with E-state index in [9.17, 15) is 5.26 Å². The number of hydrogen-bond donors (Lipinski definition) is 0. The van der Waals surface area contributed by atoms with Crippen molar-refractivity contribution in [3.05, 3.63) is 196 Å². The van der Waals surface area contributed by atoms with Crippen LogP contribution in [0.1, 0.15) is 80.5 Å². The highest BCUT2D eigenvalue weighted by Crippen LogP contribution is 2.56. The maximum absolute atomic E-state index is 10.8. The van der Waals surface area contributed by atoms with Crippen LogP contribution in [0.4, 0.5) is 22.7 Å². The van der Waals surface area contributed by atoms with Gasteiger partial charge in [0.15, 0.2) is 0 Å². The second kappa shape index (κ2) is 12.7. The van der Waals surface area contributed by atoms with Crippen LogP contribution in [0.25, 0.3) is 38.5 Å². The first kappa shape index (κ1) is 35.0. The maximum atomic E-state index is 10.8. The first-order valence-corrected chi connectivity index (χ1v) is 19.2. The Labute approximate surface area is 330 Å². The fourth-order valence-corrected chi connectivity index (χ4v) is 9.41. The highest BCUT2D eigenvalue weighted by Gasteiger charge is 2.43. The van der Waals surface area contributed by atoms with Crippen molar-refractivity contribution in [3.8, 4) is 39.7 Å². The van der Waals surface area contributed by atoms with Crippen molar-refractivity contribution < 1.29 is 0 Å². The van der Waals surface area contributed by atoms with E-state index in [-0.39, 0.29) is 16.2 Å². The first-order valence-electron chi connectivity index (χ1n) is 19.2. The molecule has 0 spiro atoms. The molecule has 1 aliphatic carbocycles. The highest BCUT2D eigenvalue weighted by molar-refractivity contribution is 5.96. The van der Waals surface area contributed by atoms with Gasteiger partial charge in [0.25, 0.3) is 0 Å². The summed E-state index contributed by atoms with van der Waals surface area (Å²) in [5.74, 6) is 0. The van der Waals surface area contributed by atoms with Gasteiger partial charge >= 0.3 is 0 Å². The Morgan fingerprint density at radius 2 is 1.00 bits per heavy atom. The zero-order chi connectivity index (χ0) is 39.0. The molecule has 4 heteroatoms. The van der Waals surface area contributed by atoms with Crippen LogP contribution >= 0.6 is 0 Å². The SMILES string of the molecule is [C-]#[N+]c1c(-c2ccccc2)nc(-c2ccccc2)c(C#N)c1-c1ccc2c(c1)C(C)(C)c1ccc(N3c4ccccc4C(C)(C)c4ccccc43)cc1C2(C)C. The highest BCUT2D eigenvalue weighted by atomic mass is 15.2. The number of nitrogens with zero attached hydrogens (tertiary/aromatic N) is 4. The van der Waals surface area contributed by atoms with Gasteiger partial charge in [-0.3, -0.25) is 4.98 Å². The predicted octanol–water partition coefficient (Wildman–Crippen LogP) is 13.6. The van der Waals surface area contributed by atoms with Gasteiger partial charge in [-0.1, -0.05) is 163 Å². The Morgan fingerprint density at radius 1 is 0.518 bits per heavy atom. The molecular formula is C52H42N4. The quantitative estimate of drug-likeness (QED) is 0.170. The lowest BCUT2D eigenvalue weighted by Gasteiger charge is -2.46. The number of pyridine rings is 1. The molecule has 4 nitrogen and oxygen atoms in total. The monoisotopic (exact) mass is 722 g/mol. The van der Waals surface area contributed by atoms with E-state index in [1.807, 2.05) is 60.7 Å². The molecule has 2 heterocycles. The third-order valence-corrected chi connectivity index (χ3v) is 12.4. The minimum absolute atomic E-state index is 0.132. The van der Waals surface area contributed by atoms with Crippen LogP contribution < -0.4 is 4.90 Å². The van der Waals surface area contributed by atoms with Gasteiger partial charge < -0.3 is 4.90 Å². The van der Waals surface area contributed by atoms with Crippen LogP contribution in [-0.4, -0.2) is 4.98 Å². The molecule has 0 N–H and O–H groups in total. The fourth-order valence-electron chi connectivity index (χ4n) is 9.41. The van der Waals surface area contributed by atoms with Gasteiger partial charge in [0.05, 0.1) is 34.9 Å². The molecule has 0 amide bonds. The number of rotatable bonds is 4. The van der Waals surface area contributed by atoms with Crippen molar-refractivity contribution in [1.82, 2.24) is 4.98 Å². The summed E-state index contributed by atoms with van der Waals surface area (Å²) in [6.07, 6.45) is 0. The molecule has 0 radical (unpaired) electrons. The summed E-state index contributed by atoms with van der Waals surface area (Å²) in [5, 5.41) is 10.8. The third-order valence-electron chi connectivity index (χ3n) is 12.4. The van der Waals surface area contributed by atoms with Crippen LogP contribution in [0.2, 0.25) is 0 Å². The lowest BCUT2D eigenvalue weighted by molar-refractivity contribution is 0.521. The molecule has 9 rings (SSSR count). The normalized spacial score (nSPS) is 15.3. The molecular weight excluding hydrogens is 681 g/mol. The van der Waals surface area contributed by atoms with Crippen LogP contribution in [0.15, 0.2) is 146 Å². The van der Waals surface area contributed by atoms with Gasteiger partial charge in [0.2, 0.25) is 5.69 Å². The molecule has 0 saturated carbocycles. The molecule has 0 saturated heterocycles. The summed E-state index contributed by atoms with van der Waals surface area (Å²) in [7, 11) is 0. The van der Waals surface area contributed by atoms with Gasteiger partial charge in [0.1, 0.15) is 6.07 Å². The van der Waals surface area contributed by atoms with E-state index in [4.69, 9.17) is 11.6 Å². The maximum Gasteiger partial charge on any atom is 0.221 e. The second-order valence-electron chi connectivity index (χ2n) is 16.6.